The summed E-state index contributed by atoms with van der Waals surface area (Å²) in [6.45, 7) is 71.5. The van der Waals surface area contributed by atoms with E-state index in [2.05, 4.69) is 132 Å². The fourth-order valence-electron chi connectivity index (χ4n) is 15.9. The Hall–Kier alpha value is -3.18. The molecule has 0 unspecified atom stereocenters. The van der Waals surface area contributed by atoms with Crippen molar-refractivity contribution in [3.8, 4) is 0 Å². The smallest absolute Gasteiger partial charge is 0.312 e. The summed E-state index contributed by atoms with van der Waals surface area (Å²) in [6, 6.07) is 0. The highest BCUT2D eigenvalue weighted by molar-refractivity contribution is 5.79. The van der Waals surface area contributed by atoms with Crippen molar-refractivity contribution in [3.05, 3.63) is 0 Å². The third-order valence-corrected chi connectivity index (χ3v) is 29.5. The monoisotopic (exact) mass is 1540 g/mol. The minimum Gasteiger partial charge on any atom is -0.459 e. The summed E-state index contributed by atoms with van der Waals surface area (Å²) in [5.41, 5.74) is -3.37. The van der Waals surface area contributed by atoms with E-state index in [0.29, 0.717) is 0 Å². The normalized spacial score (nSPS) is 20.3. The van der Waals surface area contributed by atoms with Crippen molar-refractivity contribution in [1.82, 2.24) is 0 Å². The second-order valence-electron chi connectivity index (χ2n) is 43.3. The molecule has 12 nitrogen and oxygen atoms in total. The maximum Gasteiger partial charge on any atom is 0.312 e. The number of esters is 6. The molecule has 12 heteroatoms. The quantitative estimate of drug-likeness (QED) is 0.0666. The second kappa shape index (κ2) is 42.6. The molecule has 6 aliphatic rings. The van der Waals surface area contributed by atoms with E-state index in [0.717, 1.165) is 141 Å². The standard InChI is InChI=1S/C18H34O2.C17H32O2.2C16H30O2.2C15H28O2/c1-7-17(5,6)15(19)20-18(16(2,3)4)13-11-9-8-10-12-14-18;1-7-15(3,4)14(18)19-17(16(5,6)8-2)12-10-9-11-13-17;1-7-15(5,6)13(17)18-16(14(2,3)4)11-9-8-10-12-16;1-7-14(3,4)13(17)18-16(11-9-10-12-16)15(5,6)8-2;1-7-14(5,6)12(16)17-15(13(2,3)4)10-8-9-11-15;1-5-10-15(11-8-7-9-12-15)17-13(16)14(3,4)6-2/h7-14H2,1-6H3;7-13H2,1-6H3;2*7-12H2,1-6H3;7-11H2,1-6H3;5-12H2,1-4H3. The van der Waals surface area contributed by atoms with Crippen LogP contribution in [0.3, 0.4) is 0 Å². The van der Waals surface area contributed by atoms with Gasteiger partial charge in [-0.2, -0.15) is 0 Å². The topological polar surface area (TPSA) is 158 Å². The van der Waals surface area contributed by atoms with Gasteiger partial charge in [-0.15, -0.1) is 0 Å². The Morgan fingerprint density at radius 3 is 0.550 bits per heavy atom. The van der Waals surface area contributed by atoms with Crippen LogP contribution in [0.2, 0.25) is 0 Å². The number of ether oxygens (including phenoxy) is 6. The van der Waals surface area contributed by atoms with Crippen molar-refractivity contribution in [2.75, 3.05) is 0 Å². The van der Waals surface area contributed by atoms with Crippen LogP contribution in [0.4, 0.5) is 0 Å². The summed E-state index contributed by atoms with van der Waals surface area (Å²) in [7, 11) is 0. The zero-order valence-electron chi connectivity index (χ0n) is 78.7. The van der Waals surface area contributed by atoms with E-state index in [4.69, 9.17) is 28.4 Å². The van der Waals surface area contributed by atoms with Crippen LogP contribution in [0.15, 0.2) is 0 Å². The lowest BCUT2D eigenvalue weighted by Gasteiger charge is -2.49. The van der Waals surface area contributed by atoms with Crippen LogP contribution in [-0.2, 0) is 57.2 Å². The van der Waals surface area contributed by atoms with E-state index in [1.54, 1.807) is 0 Å². The minimum absolute atomic E-state index is 0.00379. The highest BCUT2D eigenvalue weighted by atomic mass is 16.6. The molecule has 109 heavy (non-hydrogen) atoms. The molecule has 0 saturated heterocycles. The molecule has 0 heterocycles. The summed E-state index contributed by atoms with van der Waals surface area (Å²) < 4.78 is 36.4. The highest BCUT2D eigenvalue weighted by Gasteiger charge is 2.54. The largest absolute Gasteiger partial charge is 0.459 e. The van der Waals surface area contributed by atoms with Crippen molar-refractivity contribution >= 4 is 35.8 Å². The fourth-order valence-corrected chi connectivity index (χ4v) is 15.9. The lowest BCUT2D eigenvalue weighted by Crippen LogP contribution is -2.51. The van der Waals surface area contributed by atoms with Crippen molar-refractivity contribution in [3.63, 3.8) is 0 Å². The molecule has 0 aromatic heterocycles. The SMILES string of the molecule is CCC(C)(C)C(=O)OC1(C(C)(C)C)CCCC1.CCC(C)(C)C(=O)OC1(C(C)(C)C)CCCCC1.CCC(C)(C)C(=O)OC1(C(C)(C)C)CCCCCCC1.CCC(C)(C)C(=O)OC1(C(C)(C)CC)CCCC1.CCC(C)(C)C(=O)OC1(C(C)(C)CC)CCCCC1.CCCC1(OC(=O)C(C)(C)CC)CCCCC1. The lowest BCUT2D eigenvalue weighted by molar-refractivity contribution is -0.192. The fraction of sp³-hybridized carbons (Fsp3) is 0.938. The molecule has 0 bridgehead atoms. The predicted octanol–water partition coefficient (Wildman–Crippen LogP) is 28.8. The van der Waals surface area contributed by atoms with Crippen LogP contribution in [0, 0.1) is 59.6 Å². The van der Waals surface area contributed by atoms with Gasteiger partial charge in [0.1, 0.15) is 33.6 Å². The average Bonchev–Trinajstić information content (AvgIpc) is 1.76. The average molecular weight is 1540 g/mol. The molecular formula is C97H182O12. The molecular weight excluding hydrogens is 1360 g/mol. The highest BCUT2D eigenvalue weighted by Crippen LogP contribution is 2.53. The maximum absolute atomic E-state index is 12.6. The molecule has 0 aromatic rings. The Balaban J connectivity index is 0.000000655. The van der Waals surface area contributed by atoms with Gasteiger partial charge in [0.2, 0.25) is 0 Å². The van der Waals surface area contributed by atoms with Crippen LogP contribution >= 0.6 is 0 Å². The van der Waals surface area contributed by atoms with E-state index >= 15 is 0 Å². The van der Waals surface area contributed by atoms with Gasteiger partial charge >= 0.3 is 35.8 Å². The Morgan fingerprint density at radius 1 is 0.211 bits per heavy atom. The van der Waals surface area contributed by atoms with Crippen molar-refractivity contribution in [1.29, 1.82) is 0 Å². The molecule has 0 aromatic carbocycles. The predicted molar refractivity (Wildman–Crippen MR) is 457 cm³/mol. The van der Waals surface area contributed by atoms with Gasteiger partial charge in [0.05, 0.1) is 32.5 Å². The van der Waals surface area contributed by atoms with Crippen LogP contribution in [-0.4, -0.2) is 69.4 Å². The zero-order chi connectivity index (χ0) is 84.5. The van der Waals surface area contributed by atoms with Crippen LogP contribution < -0.4 is 0 Å². The Labute approximate surface area is 674 Å². The van der Waals surface area contributed by atoms with Crippen LogP contribution in [0.5, 0.6) is 0 Å². The second-order valence-corrected chi connectivity index (χ2v) is 43.3. The van der Waals surface area contributed by atoms with Crippen LogP contribution in [0.1, 0.15) is 492 Å². The summed E-state index contributed by atoms with van der Waals surface area (Å²) >= 11 is 0. The van der Waals surface area contributed by atoms with Crippen molar-refractivity contribution in [2.45, 2.75) is 526 Å². The summed E-state index contributed by atoms with van der Waals surface area (Å²) in [5, 5.41) is 0. The van der Waals surface area contributed by atoms with Gasteiger partial charge in [0.25, 0.3) is 0 Å². The van der Waals surface area contributed by atoms with Gasteiger partial charge in [0, 0.05) is 27.1 Å². The number of rotatable bonds is 24. The molecule has 0 amide bonds. The van der Waals surface area contributed by atoms with E-state index in [-0.39, 0.29) is 129 Å². The first kappa shape index (κ1) is 104. The van der Waals surface area contributed by atoms with E-state index < -0.39 is 0 Å². The van der Waals surface area contributed by atoms with Gasteiger partial charge in [-0.25, -0.2) is 0 Å². The maximum atomic E-state index is 12.6. The molecule has 6 fully saturated rings. The van der Waals surface area contributed by atoms with Gasteiger partial charge in [-0.1, -0.05) is 197 Å². The summed E-state index contributed by atoms with van der Waals surface area (Å²) in [6.07, 6.45) is 43.4. The molecule has 0 aliphatic heterocycles. The molecule has 6 rings (SSSR count). The molecule has 6 aliphatic carbocycles. The molecule has 0 atom stereocenters. The minimum atomic E-state index is -0.374. The van der Waals surface area contributed by atoms with Gasteiger partial charge in [0.15, 0.2) is 0 Å². The van der Waals surface area contributed by atoms with Crippen LogP contribution in [0.25, 0.3) is 0 Å². The Kier molecular flexibility index (Phi) is 40.6. The molecule has 0 N–H and O–H groups in total. The number of hydrogen-bond acceptors (Lipinski definition) is 12. The van der Waals surface area contributed by atoms with E-state index in [1.165, 1.54) is 116 Å². The first-order chi connectivity index (χ1) is 49.8. The number of carbonyl (C=O) groups is 6. The first-order valence-corrected chi connectivity index (χ1v) is 45.2. The summed E-state index contributed by atoms with van der Waals surface area (Å²) in [5.74, 6) is -0.114. The molecule has 0 radical (unpaired) electrons. The summed E-state index contributed by atoms with van der Waals surface area (Å²) in [4.78, 5) is 74.4. The number of hydrogen-bond donors (Lipinski definition) is 0. The number of carbonyl (C=O) groups excluding carboxylic acids is 6. The van der Waals surface area contributed by atoms with Crippen molar-refractivity contribution in [2.24, 2.45) is 59.6 Å². The van der Waals surface area contributed by atoms with Gasteiger partial charge < -0.3 is 28.4 Å². The Bertz CT molecular complexity index is 2660. The first-order valence-electron chi connectivity index (χ1n) is 45.2. The van der Waals surface area contributed by atoms with E-state index in [9.17, 15) is 28.8 Å². The Morgan fingerprint density at radius 2 is 0.367 bits per heavy atom. The van der Waals surface area contributed by atoms with E-state index in [1.807, 2.05) is 104 Å². The van der Waals surface area contributed by atoms with Gasteiger partial charge in [-0.3, -0.25) is 28.8 Å². The van der Waals surface area contributed by atoms with Crippen molar-refractivity contribution < 1.29 is 57.2 Å². The molecule has 0 spiro atoms. The molecule has 6 saturated carbocycles. The van der Waals surface area contributed by atoms with Gasteiger partial charge in [-0.05, 0) is 295 Å². The third kappa shape index (κ3) is 28.9. The molecule has 642 valence electrons. The third-order valence-electron chi connectivity index (χ3n) is 29.5. The lowest BCUT2D eigenvalue weighted by atomic mass is 9.65. The zero-order valence-corrected chi connectivity index (χ0v) is 78.7.